The largest absolute Gasteiger partial charge is 0.435 e. The van der Waals surface area contributed by atoms with E-state index in [0.717, 1.165) is 11.1 Å². The van der Waals surface area contributed by atoms with Crippen molar-refractivity contribution in [2.75, 3.05) is 0 Å². The van der Waals surface area contributed by atoms with E-state index in [9.17, 15) is 13.6 Å². The zero-order chi connectivity index (χ0) is 18.4. The molecule has 0 aliphatic carbocycles. The fraction of sp³-hybridized carbons (Fsp3) is 0.0952. The van der Waals surface area contributed by atoms with Gasteiger partial charge >= 0.3 is 6.61 Å². The van der Waals surface area contributed by atoms with E-state index in [1.165, 1.54) is 24.3 Å². The molecule has 0 fully saturated rings. The van der Waals surface area contributed by atoms with Gasteiger partial charge in [-0.1, -0.05) is 60.7 Å². The molecule has 0 saturated heterocycles. The summed E-state index contributed by atoms with van der Waals surface area (Å²) in [5.74, 6) is -0.287. The van der Waals surface area contributed by atoms with Gasteiger partial charge in [0.2, 0.25) is 0 Å². The molecule has 3 nitrogen and oxygen atoms in total. The van der Waals surface area contributed by atoms with Crippen LogP contribution < -0.4 is 10.1 Å². The molecule has 132 valence electrons. The summed E-state index contributed by atoms with van der Waals surface area (Å²) < 4.78 is 28.8. The van der Waals surface area contributed by atoms with Gasteiger partial charge in [-0.3, -0.25) is 4.79 Å². The maximum atomic E-state index is 12.6. The first-order chi connectivity index (χ1) is 12.6. The van der Waals surface area contributed by atoms with Gasteiger partial charge in [-0.2, -0.15) is 8.78 Å². The molecule has 0 spiro atoms. The van der Waals surface area contributed by atoms with Gasteiger partial charge in [0, 0.05) is 5.56 Å². The van der Waals surface area contributed by atoms with Crippen LogP contribution in [-0.2, 0) is 0 Å². The monoisotopic (exact) mass is 353 g/mol. The first-order valence-electron chi connectivity index (χ1n) is 8.09. The first-order valence-corrected chi connectivity index (χ1v) is 8.09. The van der Waals surface area contributed by atoms with Crippen LogP contribution in [-0.4, -0.2) is 12.5 Å². The third-order valence-electron chi connectivity index (χ3n) is 3.88. The van der Waals surface area contributed by atoms with Gasteiger partial charge in [0.15, 0.2) is 0 Å². The summed E-state index contributed by atoms with van der Waals surface area (Å²) in [5, 5.41) is 3.00. The smallest absolute Gasteiger partial charge is 0.387 e. The van der Waals surface area contributed by atoms with Crippen molar-refractivity contribution in [1.29, 1.82) is 0 Å². The highest BCUT2D eigenvalue weighted by Gasteiger charge is 2.17. The normalized spacial score (nSPS) is 10.8. The quantitative estimate of drug-likeness (QED) is 0.691. The third-order valence-corrected chi connectivity index (χ3v) is 3.88. The van der Waals surface area contributed by atoms with E-state index in [4.69, 9.17) is 0 Å². The third kappa shape index (κ3) is 4.45. The average molecular weight is 353 g/mol. The zero-order valence-corrected chi connectivity index (χ0v) is 13.8. The molecule has 0 aliphatic heterocycles. The summed E-state index contributed by atoms with van der Waals surface area (Å²) in [7, 11) is 0. The van der Waals surface area contributed by atoms with Crippen molar-refractivity contribution in [3.63, 3.8) is 0 Å². The predicted octanol–water partition coefficient (Wildman–Crippen LogP) is 4.81. The highest BCUT2D eigenvalue weighted by molar-refractivity contribution is 5.94. The van der Waals surface area contributed by atoms with Crippen molar-refractivity contribution in [3.05, 3.63) is 102 Å². The Morgan fingerprint density at radius 1 is 0.769 bits per heavy atom. The summed E-state index contributed by atoms with van der Waals surface area (Å²) in [6, 6.07) is 24.5. The molecule has 26 heavy (non-hydrogen) atoms. The van der Waals surface area contributed by atoms with Crippen LogP contribution >= 0.6 is 0 Å². The van der Waals surface area contributed by atoms with E-state index < -0.39 is 6.61 Å². The second kappa shape index (κ2) is 8.25. The molecule has 0 saturated carbocycles. The van der Waals surface area contributed by atoms with Crippen molar-refractivity contribution < 1.29 is 18.3 Å². The molecule has 0 heterocycles. The minimum atomic E-state index is -2.89. The van der Waals surface area contributed by atoms with E-state index in [2.05, 4.69) is 10.1 Å². The highest BCUT2D eigenvalue weighted by Crippen LogP contribution is 2.23. The second-order valence-electron chi connectivity index (χ2n) is 5.63. The number of ether oxygens (including phenoxy) is 1. The van der Waals surface area contributed by atoms with Crippen LogP contribution in [0, 0.1) is 0 Å². The molecule has 3 aromatic carbocycles. The SMILES string of the molecule is O=C(NC(c1ccccc1)c1ccccc1)c1ccc(OC(F)F)cc1. The molecule has 1 N–H and O–H groups in total. The van der Waals surface area contributed by atoms with Gasteiger partial charge in [0.05, 0.1) is 6.04 Å². The predicted molar refractivity (Wildman–Crippen MR) is 95.3 cm³/mol. The molecule has 1 amide bonds. The Morgan fingerprint density at radius 2 is 1.27 bits per heavy atom. The molecule has 3 aromatic rings. The van der Waals surface area contributed by atoms with Crippen molar-refractivity contribution in [2.45, 2.75) is 12.7 Å². The van der Waals surface area contributed by atoms with E-state index in [1.54, 1.807) is 0 Å². The highest BCUT2D eigenvalue weighted by atomic mass is 19.3. The Hall–Kier alpha value is -3.21. The van der Waals surface area contributed by atoms with E-state index >= 15 is 0 Å². The molecule has 0 aliphatic rings. The van der Waals surface area contributed by atoms with Gasteiger partial charge in [-0.15, -0.1) is 0 Å². The maximum absolute atomic E-state index is 12.6. The second-order valence-corrected chi connectivity index (χ2v) is 5.63. The number of nitrogens with one attached hydrogen (secondary N) is 1. The van der Waals surface area contributed by atoms with Crippen LogP contribution in [0.15, 0.2) is 84.9 Å². The summed E-state index contributed by atoms with van der Waals surface area (Å²) in [6.07, 6.45) is 0. The van der Waals surface area contributed by atoms with Gasteiger partial charge in [0.1, 0.15) is 5.75 Å². The minimum absolute atomic E-state index is 0.0132. The van der Waals surface area contributed by atoms with E-state index in [0.29, 0.717) is 5.56 Å². The Kier molecular flexibility index (Phi) is 5.59. The molecule has 0 bridgehead atoms. The van der Waals surface area contributed by atoms with E-state index in [1.807, 2.05) is 60.7 Å². The molecule has 0 aromatic heterocycles. The molecule has 0 unspecified atom stereocenters. The lowest BCUT2D eigenvalue weighted by molar-refractivity contribution is -0.0498. The van der Waals surface area contributed by atoms with Gasteiger partial charge in [0.25, 0.3) is 5.91 Å². The van der Waals surface area contributed by atoms with Crippen LogP contribution in [0.25, 0.3) is 0 Å². The molecule has 0 radical (unpaired) electrons. The first kappa shape index (κ1) is 17.6. The number of halogens is 2. The molecule has 0 atom stereocenters. The lowest BCUT2D eigenvalue weighted by Crippen LogP contribution is -2.29. The Bertz CT molecular complexity index is 797. The fourth-order valence-corrected chi connectivity index (χ4v) is 2.65. The fourth-order valence-electron chi connectivity index (χ4n) is 2.65. The van der Waals surface area contributed by atoms with Crippen molar-refractivity contribution in [2.24, 2.45) is 0 Å². The minimum Gasteiger partial charge on any atom is -0.435 e. The number of hydrogen-bond acceptors (Lipinski definition) is 2. The number of benzene rings is 3. The zero-order valence-electron chi connectivity index (χ0n) is 13.8. The van der Waals surface area contributed by atoms with Crippen LogP contribution in [0.5, 0.6) is 5.75 Å². The van der Waals surface area contributed by atoms with Crippen molar-refractivity contribution in [1.82, 2.24) is 5.32 Å². The topological polar surface area (TPSA) is 38.3 Å². The summed E-state index contributed by atoms with van der Waals surface area (Å²) >= 11 is 0. The summed E-state index contributed by atoms with van der Waals surface area (Å²) in [4.78, 5) is 12.6. The van der Waals surface area contributed by atoms with Crippen LogP contribution in [0.2, 0.25) is 0 Å². The summed E-state index contributed by atoms with van der Waals surface area (Å²) in [5.41, 5.74) is 2.26. The Labute approximate surface area is 150 Å². The number of amides is 1. The van der Waals surface area contributed by atoms with Gasteiger partial charge < -0.3 is 10.1 Å². The van der Waals surface area contributed by atoms with Crippen LogP contribution in [0.1, 0.15) is 27.5 Å². The number of carbonyl (C=O) groups is 1. The number of alkyl halides is 2. The molecular weight excluding hydrogens is 336 g/mol. The van der Waals surface area contributed by atoms with E-state index in [-0.39, 0.29) is 17.7 Å². The van der Waals surface area contributed by atoms with Crippen LogP contribution in [0.3, 0.4) is 0 Å². The average Bonchev–Trinajstić information content (AvgIpc) is 2.67. The molecular formula is C21H17F2NO2. The number of hydrogen-bond donors (Lipinski definition) is 1. The Morgan fingerprint density at radius 3 is 1.73 bits per heavy atom. The lowest BCUT2D eigenvalue weighted by atomic mass is 9.98. The standard InChI is InChI=1S/C21H17F2NO2/c22-21(23)26-18-13-11-17(12-14-18)20(25)24-19(15-7-3-1-4-8-15)16-9-5-2-6-10-16/h1-14,19,21H,(H,24,25). The summed E-state index contributed by atoms with van der Waals surface area (Å²) in [6.45, 7) is -2.89. The molecule has 5 heteroatoms. The number of carbonyl (C=O) groups excluding carboxylic acids is 1. The number of rotatable bonds is 6. The Balaban J connectivity index is 1.81. The van der Waals surface area contributed by atoms with Crippen LogP contribution in [0.4, 0.5) is 8.78 Å². The van der Waals surface area contributed by atoms with Gasteiger partial charge in [-0.05, 0) is 35.4 Å². The van der Waals surface area contributed by atoms with Crippen molar-refractivity contribution >= 4 is 5.91 Å². The molecule has 3 rings (SSSR count). The van der Waals surface area contributed by atoms with Crippen molar-refractivity contribution in [3.8, 4) is 5.75 Å². The maximum Gasteiger partial charge on any atom is 0.387 e. The van der Waals surface area contributed by atoms with Gasteiger partial charge in [-0.25, -0.2) is 0 Å². The lowest BCUT2D eigenvalue weighted by Gasteiger charge is -2.20.